The number of piperazine rings is 1. The third-order valence-electron chi connectivity index (χ3n) is 3.78. The van der Waals surface area contributed by atoms with Gasteiger partial charge in [0.15, 0.2) is 0 Å². The van der Waals surface area contributed by atoms with Crippen molar-refractivity contribution >= 4 is 15.7 Å². The van der Waals surface area contributed by atoms with Crippen LogP contribution in [0.5, 0.6) is 0 Å². The van der Waals surface area contributed by atoms with Crippen molar-refractivity contribution in [1.29, 1.82) is 0 Å². The van der Waals surface area contributed by atoms with Crippen molar-refractivity contribution in [3.8, 4) is 0 Å². The van der Waals surface area contributed by atoms with E-state index in [2.05, 4.69) is 16.3 Å². The van der Waals surface area contributed by atoms with Gasteiger partial charge in [0, 0.05) is 44.5 Å². The number of hydrogen-bond acceptors (Lipinski definition) is 4. The van der Waals surface area contributed by atoms with E-state index in [9.17, 15) is 8.42 Å². The Morgan fingerprint density at radius 2 is 1.86 bits per heavy atom. The van der Waals surface area contributed by atoms with Gasteiger partial charge in [0.1, 0.15) is 0 Å². The summed E-state index contributed by atoms with van der Waals surface area (Å²) in [5.41, 5.74) is 2.21. The van der Waals surface area contributed by atoms with Gasteiger partial charge >= 0.3 is 0 Å². The van der Waals surface area contributed by atoms with E-state index in [-0.39, 0.29) is 6.04 Å². The molecule has 21 heavy (non-hydrogen) atoms. The number of benzene rings is 1. The minimum Gasteiger partial charge on any atom is -0.369 e. The molecule has 0 aliphatic carbocycles. The lowest BCUT2D eigenvalue weighted by molar-refractivity contribution is 0.351. The quantitative estimate of drug-likeness (QED) is 0.890. The third-order valence-corrected chi connectivity index (χ3v) is 5.18. The summed E-state index contributed by atoms with van der Waals surface area (Å²) in [7, 11) is -3.21. The maximum Gasteiger partial charge on any atom is 0.211 e. The van der Waals surface area contributed by atoms with Gasteiger partial charge in [0.25, 0.3) is 0 Å². The standard InChI is InChI=1S/C15H25N3O2S/c1-13(2)18(21(3,19)20)12-14-6-4-5-7-15(14)17-10-8-16-9-11-17/h4-7,13,16H,8-12H2,1-3H3. The molecule has 1 heterocycles. The second-order valence-electron chi connectivity index (χ2n) is 5.77. The molecule has 2 rings (SSSR count). The first kappa shape index (κ1) is 16.3. The molecule has 0 amide bonds. The van der Waals surface area contributed by atoms with Crippen molar-refractivity contribution in [2.75, 3.05) is 37.3 Å². The van der Waals surface area contributed by atoms with Gasteiger partial charge in [-0.2, -0.15) is 4.31 Å². The Labute approximate surface area is 128 Å². The second kappa shape index (κ2) is 6.77. The molecule has 0 bridgehead atoms. The van der Waals surface area contributed by atoms with Crippen molar-refractivity contribution in [3.05, 3.63) is 29.8 Å². The van der Waals surface area contributed by atoms with Crippen LogP contribution in [0.15, 0.2) is 24.3 Å². The van der Waals surface area contributed by atoms with Crippen molar-refractivity contribution < 1.29 is 8.42 Å². The summed E-state index contributed by atoms with van der Waals surface area (Å²) >= 11 is 0. The molecule has 0 radical (unpaired) electrons. The predicted molar refractivity (Wildman–Crippen MR) is 87.0 cm³/mol. The zero-order valence-electron chi connectivity index (χ0n) is 13.0. The summed E-state index contributed by atoms with van der Waals surface area (Å²) in [4.78, 5) is 2.33. The van der Waals surface area contributed by atoms with Gasteiger partial charge in [0.2, 0.25) is 10.0 Å². The highest BCUT2D eigenvalue weighted by molar-refractivity contribution is 7.88. The summed E-state index contributed by atoms with van der Waals surface area (Å²) in [5.74, 6) is 0. The number of nitrogens with zero attached hydrogens (tertiary/aromatic N) is 2. The Hall–Kier alpha value is -1.11. The highest BCUT2D eigenvalue weighted by atomic mass is 32.2. The van der Waals surface area contributed by atoms with Gasteiger partial charge in [-0.15, -0.1) is 0 Å². The van der Waals surface area contributed by atoms with Crippen LogP contribution in [0, 0.1) is 0 Å². The van der Waals surface area contributed by atoms with E-state index in [1.54, 1.807) is 4.31 Å². The Morgan fingerprint density at radius 1 is 1.24 bits per heavy atom. The van der Waals surface area contributed by atoms with Crippen LogP contribution >= 0.6 is 0 Å². The largest absolute Gasteiger partial charge is 0.369 e. The van der Waals surface area contributed by atoms with Gasteiger partial charge in [-0.25, -0.2) is 8.42 Å². The minimum atomic E-state index is -3.21. The fourth-order valence-corrected chi connectivity index (χ4v) is 3.85. The summed E-state index contributed by atoms with van der Waals surface area (Å²) < 4.78 is 25.5. The average Bonchev–Trinajstić information content (AvgIpc) is 2.44. The second-order valence-corrected chi connectivity index (χ2v) is 7.70. The van der Waals surface area contributed by atoms with E-state index in [0.29, 0.717) is 6.54 Å². The molecule has 0 unspecified atom stereocenters. The minimum absolute atomic E-state index is 0.0453. The average molecular weight is 311 g/mol. The Kier molecular flexibility index (Phi) is 5.24. The molecule has 118 valence electrons. The van der Waals surface area contributed by atoms with Crippen LogP contribution in [0.25, 0.3) is 0 Å². The molecule has 1 aliphatic rings. The SMILES string of the molecule is CC(C)N(Cc1ccccc1N1CCNCC1)S(C)(=O)=O. The number of nitrogens with one attached hydrogen (secondary N) is 1. The normalized spacial score (nSPS) is 16.7. The highest BCUT2D eigenvalue weighted by Gasteiger charge is 2.23. The van der Waals surface area contributed by atoms with Crippen LogP contribution in [0.3, 0.4) is 0 Å². The molecular weight excluding hydrogens is 286 g/mol. The zero-order valence-corrected chi connectivity index (χ0v) is 13.9. The van der Waals surface area contributed by atoms with Crippen LogP contribution in [-0.2, 0) is 16.6 Å². The molecule has 1 aromatic rings. The smallest absolute Gasteiger partial charge is 0.211 e. The van der Waals surface area contributed by atoms with Gasteiger partial charge in [-0.3, -0.25) is 0 Å². The maximum absolute atomic E-state index is 12.0. The lowest BCUT2D eigenvalue weighted by Gasteiger charge is -2.32. The lowest BCUT2D eigenvalue weighted by Crippen LogP contribution is -2.44. The van der Waals surface area contributed by atoms with Gasteiger partial charge in [-0.1, -0.05) is 18.2 Å². The van der Waals surface area contributed by atoms with Gasteiger partial charge in [-0.05, 0) is 25.5 Å². The molecule has 0 saturated carbocycles. The van der Waals surface area contributed by atoms with E-state index in [0.717, 1.165) is 37.4 Å². The summed E-state index contributed by atoms with van der Waals surface area (Å²) in [5, 5.41) is 3.34. The van der Waals surface area contributed by atoms with Gasteiger partial charge < -0.3 is 10.2 Å². The number of hydrogen-bond donors (Lipinski definition) is 1. The fourth-order valence-electron chi connectivity index (χ4n) is 2.71. The van der Waals surface area contributed by atoms with E-state index >= 15 is 0 Å². The van der Waals surface area contributed by atoms with Crippen LogP contribution in [0.2, 0.25) is 0 Å². The van der Waals surface area contributed by atoms with Crippen molar-refractivity contribution in [2.45, 2.75) is 26.4 Å². The van der Waals surface area contributed by atoms with E-state index in [1.165, 1.54) is 6.26 Å². The molecule has 0 atom stereocenters. The molecule has 1 N–H and O–H groups in total. The molecule has 1 aromatic carbocycles. The van der Waals surface area contributed by atoms with E-state index in [4.69, 9.17) is 0 Å². The van der Waals surface area contributed by atoms with Crippen molar-refractivity contribution in [3.63, 3.8) is 0 Å². The number of rotatable bonds is 5. The van der Waals surface area contributed by atoms with Crippen molar-refractivity contribution in [2.24, 2.45) is 0 Å². The molecule has 1 saturated heterocycles. The molecule has 1 fully saturated rings. The molecule has 6 heteroatoms. The van der Waals surface area contributed by atoms with Crippen LogP contribution in [-0.4, -0.2) is 51.2 Å². The Morgan fingerprint density at radius 3 is 2.43 bits per heavy atom. The number of anilines is 1. The third kappa shape index (κ3) is 4.18. The zero-order chi connectivity index (χ0) is 15.5. The number of para-hydroxylation sites is 1. The van der Waals surface area contributed by atoms with Crippen LogP contribution in [0.4, 0.5) is 5.69 Å². The summed E-state index contributed by atoms with van der Waals surface area (Å²) in [6.07, 6.45) is 1.28. The maximum atomic E-state index is 12.0. The highest BCUT2D eigenvalue weighted by Crippen LogP contribution is 2.24. The monoisotopic (exact) mass is 311 g/mol. The topological polar surface area (TPSA) is 52.6 Å². The van der Waals surface area contributed by atoms with Crippen LogP contribution < -0.4 is 10.2 Å². The first-order valence-corrected chi connectivity index (χ1v) is 9.25. The first-order valence-electron chi connectivity index (χ1n) is 7.40. The lowest BCUT2D eigenvalue weighted by atomic mass is 10.1. The molecule has 0 aromatic heterocycles. The first-order chi connectivity index (χ1) is 9.89. The van der Waals surface area contributed by atoms with Crippen LogP contribution in [0.1, 0.15) is 19.4 Å². The summed E-state index contributed by atoms with van der Waals surface area (Å²) in [6.45, 7) is 8.09. The fraction of sp³-hybridized carbons (Fsp3) is 0.600. The molecule has 0 spiro atoms. The van der Waals surface area contributed by atoms with Crippen molar-refractivity contribution in [1.82, 2.24) is 9.62 Å². The number of sulfonamides is 1. The summed E-state index contributed by atoms with van der Waals surface area (Å²) in [6, 6.07) is 8.05. The van der Waals surface area contributed by atoms with E-state index < -0.39 is 10.0 Å². The molecular formula is C15H25N3O2S. The van der Waals surface area contributed by atoms with E-state index in [1.807, 2.05) is 32.0 Å². The molecule has 5 nitrogen and oxygen atoms in total. The Balaban J connectivity index is 2.27. The Bertz CT molecular complexity index is 566. The van der Waals surface area contributed by atoms with Gasteiger partial charge in [0.05, 0.1) is 6.26 Å². The predicted octanol–water partition coefficient (Wildman–Crippen LogP) is 1.27. The molecule has 1 aliphatic heterocycles.